The number of urea groups is 1. The van der Waals surface area contributed by atoms with Crippen LogP contribution in [0, 0.1) is 5.82 Å². The Labute approximate surface area is 185 Å². The molecular weight excluding hydrogens is 419 g/mol. The minimum atomic E-state index is -0.308. The molecule has 1 aromatic heterocycles. The van der Waals surface area contributed by atoms with Crippen LogP contribution in [-0.2, 0) is 9.53 Å². The van der Waals surface area contributed by atoms with E-state index in [1.165, 1.54) is 12.1 Å². The lowest BCUT2D eigenvalue weighted by Gasteiger charge is -2.38. The molecule has 166 valence electrons. The van der Waals surface area contributed by atoms with Crippen LogP contribution in [0.3, 0.4) is 0 Å². The van der Waals surface area contributed by atoms with Crippen molar-refractivity contribution >= 4 is 23.3 Å². The number of hydrogen-bond acceptors (Lipinski definition) is 5. The van der Waals surface area contributed by atoms with Crippen LogP contribution in [0.1, 0.15) is 16.5 Å². The van der Waals surface area contributed by atoms with E-state index < -0.39 is 0 Å². The second-order valence-corrected chi connectivity index (χ2v) is 8.69. The van der Waals surface area contributed by atoms with Crippen molar-refractivity contribution in [3.8, 4) is 0 Å². The third-order valence-electron chi connectivity index (χ3n) is 5.63. The zero-order valence-corrected chi connectivity index (χ0v) is 18.2. The number of nitrogens with one attached hydrogen (secondary N) is 1. The second kappa shape index (κ2) is 10.2. The number of piperazine rings is 1. The molecule has 1 atom stereocenters. The van der Waals surface area contributed by atoms with Gasteiger partial charge in [-0.25, -0.2) is 9.18 Å². The van der Waals surface area contributed by atoms with Crippen molar-refractivity contribution in [2.75, 3.05) is 59.0 Å². The smallest absolute Gasteiger partial charge is 0.320 e. The van der Waals surface area contributed by atoms with Crippen molar-refractivity contribution in [2.24, 2.45) is 0 Å². The molecule has 3 heterocycles. The van der Waals surface area contributed by atoms with Gasteiger partial charge in [0.05, 0.1) is 25.8 Å². The third kappa shape index (κ3) is 5.61. The van der Waals surface area contributed by atoms with E-state index in [1.807, 2.05) is 27.3 Å². The molecule has 0 spiro atoms. The monoisotopic (exact) mass is 446 g/mol. The number of amides is 3. The molecule has 2 aliphatic heterocycles. The fraction of sp³-hybridized carbons (Fsp3) is 0.455. The fourth-order valence-electron chi connectivity index (χ4n) is 3.89. The van der Waals surface area contributed by atoms with E-state index in [-0.39, 0.29) is 30.3 Å². The lowest BCUT2D eigenvalue weighted by Crippen LogP contribution is -2.55. The summed E-state index contributed by atoms with van der Waals surface area (Å²) in [5, 5.41) is 5.05. The van der Waals surface area contributed by atoms with Crippen molar-refractivity contribution in [2.45, 2.75) is 6.04 Å². The molecule has 9 heteroatoms. The van der Waals surface area contributed by atoms with Crippen LogP contribution in [0.15, 0.2) is 41.8 Å². The first-order valence-electron chi connectivity index (χ1n) is 10.5. The maximum absolute atomic E-state index is 13.3. The number of rotatable bonds is 5. The van der Waals surface area contributed by atoms with E-state index in [9.17, 15) is 14.0 Å². The SMILES string of the molecule is O=C(CN1CCN(C(=O)N2CCOCC2)CC1)NC(c1ccc(F)cc1)c1cccs1. The predicted molar refractivity (Wildman–Crippen MR) is 117 cm³/mol. The first-order chi connectivity index (χ1) is 15.1. The summed E-state index contributed by atoms with van der Waals surface area (Å²) in [6, 6.07) is 9.88. The summed E-state index contributed by atoms with van der Waals surface area (Å²) in [5.41, 5.74) is 0.845. The van der Waals surface area contributed by atoms with Gasteiger partial charge in [0.15, 0.2) is 0 Å². The molecule has 1 unspecified atom stereocenters. The van der Waals surface area contributed by atoms with Crippen LogP contribution in [0.2, 0.25) is 0 Å². The standard InChI is InChI=1S/C22H27FN4O3S/c23-18-5-3-17(4-6-18)21(19-2-1-15-31-19)24-20(28)16-25-7-9-26(10-8-25)22(29)27-11-13-30-14-12-27/h1-6,15,21H,7-14,16H2,(H,24,28). The molecule has 2 saturated heterocycles. The molecule has 4 rings (SSSR count). The first kappa shape index (κ1) is 21.7. The average Bonchev–Trinajstić information content (AvgIpc) is 3.33. The number of benzene rings is 1. The van der Waals surface area contributed by atoms with Gasteiger partial charge in [0, 0.05) is 44.1 Å². The van der Waals surface area contributed by atoms with Gasteiger partial charge in [0.25, 0.3) is 0 Å². The number of morpholine rings is 1. The molecule has 31 heavy (non-hydrogen) atoms. The van der Waals surface area contributed by atoms with Crippen LogP contribution >= 0.6 is 11.3 Å². The van der Waals surface area contributed by atoms with Crippen molar-refractivity contribution in [3.63, 3.8) is 0 Å². The van der Waals surface area contributed by atoms with Gasteiger partial charge in [-0.05, 0) is 29.1 Å². The van der Waals surface area contributed by atoms with Crippen LogP contribution in [-0.4, -0.2) is 85.7 Å². The number of thiophene rings is 1. The molecule has 3 amide bonds. The molecule has 0 bridgehead atoms. The zero-order chi connectivity index (χ0) is 21.6. The minimum absolute atomic E-state index is 0.0569. The van der Waals surface area contributed by atoms with E-state index in [2.05, 4.69) is 10.2 Å². The molecule has 0 saturated carbocycles. The van der Waals surface area contributed by atoms with Crippen LogP contribution in [0.4, 0.5) is 9.18 Å². The van der Waals surface area contributed by atoms with Gasteiger partial charge in [-0.3, -0.25) is 9.69 Å². The van der Waals surface area contributed by atoms with Gasteiger partial charge in [-0.1, -0.05) is 18.2 Å². The summed E-state index contributed by atoms with van der Waals surface area (Å²) in [7, 11) is 0. The highest BCUT2D eigenvalue weighted by atomic mass is 32.1. The van der Waals surface area contributed by atoms with Crippen molar-refractivity contribution < 1.29 is 18.7 Å². The quantitative estimate of drug-likeness (QED) is 0.765. The topological polar surface area (TPSA) is 65.1 Å². The highest BCUT2D eigenvalue weighted by Crippen LogP contribution is 2.26. The Hall–Kier alpha value is -2.49. The Morgan fingerprint density at radius 1 is 1.00 bits per heavy atom. The van der Waals surface area contributed by atoms with E-state index in [4.69, 9.17) is 4.74 Å². The van der Waals surface area contributed by atoms with E-state index in [0.29, 0.717) is 52.5 Å². The average molecular weight is 447 g/mol. The third-order valence-corrected chi connectivity index (χ3v) is 6.57. The Balaban J connectivity index is 1.30. The van der Waals surface area contributed by atoms with Gasteiger partial charge >= 0.3 is 6.03 Å². The molecule has 1 aromatic carbocycles. The first-order valence-corrected chi connectivity index (χ1v) is 11.4. The zero-order valence-electron chi connectivity index (χ0n) is 17.3. The predicted octanol–water partition coefficient (Wildman–Crippen LogP) is 2.16. The largest absolute Gasteiger partial charge is 0.378 e. The van der Waals surface area contributed by atoms with Crippen LogP contribution < -0.4 is 5.32 Å². The summed E-state index contributed by atoms with van der Waals surface area (Å²) < 4.78 is 18.7. The molecule has 7 nitrogen and oxygen atoms in total. The number of nitrogens with zero attached hydrogens (tertiary/aromatic N) is 3. The Morgan fingerprint density at radius 3 is 2.32 bits per heavy atom. The number of carbonyl (C=O) groups excluding carboxylic acids is 2. The maximum atomic E-state index is 13.3. The summed E-state index contributed by atoms with van der Waals surface area (Å²) >= 11 is 1.56. The van der Waals surface area contributed by atoms with Gasteiger partial charge in [0.2, 0.25) is 5.91 Å². The Bertz CT molecular complexity index is 863. The highest BCUT2D eigenvalue weighted by Gasteiger charge is 2.27. The molecular formula is C22H27FN4O3S. The van der Waals surface area contributed by atoms with E-state index >= 15 is 0 Å². The Morgan fingerprint density at radius 2 is 1.68 bits per heavy atom. The second-order valence-electron chi connectivity index (χ2n) is 7.71. The van der Waals surface area contributed by atoms with Gasteiger partial charge in [0.1, 0.15) is 5.82 Å². The molecule has 1 N–H and O–H groups in total. The van der Waals surface area contributed by atoms with Gasteiger partial charge in [-0.15, -0.1) is 11.3 Å². The van der Waals surface area contributed by atoms with Gasteiger partial charge in [-0.2, -0.15) is 0 Å². The number of halogens is 1. The van der Waals surface area contributed by atoms with Crippen molar-refractivity contribution in [3.05, 3.63) is 58.0 Å². The lowest BCUT2D eigenvalue weighted by molar-refractivity contribution is -0.123. The normalized spacial score (nSPS) is 18.6. The van der Waals surface area contributed by atoms with Crippen molar-refractivity contribution in [1.82, 2.24) is 20.0 Å². The van der Waals surface area contributed by atoms with Crippen molar-refractivity contribution in [1.29, 1.82) is 0 Å². The molecule has 0 aliphatic carbocycles. The molecule has 2 aliphatic rings. The number of hydrogen-bond donors (Lipinski definition) is 1. The molecule has 2 fully saturated rings. The van der Waals surface area contributed by atoms with E-state index in [0.717, 1.165) is 10.4 Å². The molecule has 0 radical (unpaired) electrons. The van der Waals surface area contributed by atoms with Crippen LogP contribution in [0.25, 0.3) is 0 Å². The van der Waals surface area contributed by atoms with E-state index in [1.54, 1.807) is 23.5 Å². The highest BCUT2D eigenvalue weighted by molar-refractivity contribution is 7.10. The molecule has 2 aromatic rings. The summed E-state index contributed by atoms with van der Waals surface area (Å²) in [6.45, 7) is 5.24. The number of carbonyl (C=O) groups is 2. The minimum Gasteiger partial charge on any atom is -0.378 e. The fourth-order valence-corrected chi connectivity index (χ4v) is 4.69. The summed E-state index contributed by atoms with van der Waals surface area (Å²) in [5.74, 6) is -0.389. The Kier molecular flexibility index (Phi) is 7.16. The van der Waals surface area contributed by atoms with Gasteiger partial charge < -0.3 is 19.9 Å². The number of ether oxygens (including phenoxy) is 1. The summed E-state index contributed by atoms with van der Waals surface area (Å²) in [4.78, 5) is 32.2. The maximum Gasteiger partial charge on any atom is 0.320 e. The van der Waals surface area contributed by atoms with Crippen LogP contribution in [0.5, 0.6) is 0 Å². The summed E-state index contributed by atoms with van der Waals surface area (Å²) in [6.07, 6.45) is 0. The lowest BCUT2D eigenvalue weighted by atomic mass is 10.1.